The number of sulfonamides is 1. The first-order valence-electron chi connectivity index (χ1n) is 7.51. The van der Waals surface area contributed by atoms with Crippen LogP contribution in [0.4, 0.5) is 4.39 Å². The first-order valence-corrected chi connectivity index (χ1v) is 9.37. The topological polar surface area (TPSA) is 90.9 Å². The van der Waals surface area contributed by atoms with Crippen LogP contribution in [0.25, 0.3) is 0 Å². The summed E-state index contributed by atoms with van der Waals surface area (Å²) in [4.78, 5) is 11.2. The zero-order valence-electron chi connectivity index (χ0n) is 14.7. The van der Waals surface area contributed by atoms with Crippen LogP contribution in [0.1, 0.15) is 15.9 Å². The molecule has 2 aromatic rings. The van der Waals surface area contributed by atoms with E-state index in [0.717, 1.165) is 19.2 Å². The summed E-state index contributed by atoms with van der Waals surface area (Å²) in [6.45, 7) is -0.0933. The number of hydrogen-bond donors (Lipinski definition) is 1. The van der Waals surface area contributed by atoms with E-state index in [-0.39, 0.29) is 11.6 Å². The lowest BCUT2D eigenvalue weighted by Gasteiger charge is -2.12. The predicted molar refractivity (Wildman–Crippen MR) is 96.3 cm³/mol. The zero-order chi connectivity index (χ0) is 20.2. The first-order chi connectivity index (χ1) is 12.7. The van der Waals surface area contributed by atoms with Gasteiger partial charge in [0.1, 0.15) is 10.7 Å². The molecule has 0 fully saturated rings. The summed E-state index contributed by atoms with van der Waals surface area (Å²) in [6.07, 6.45) is 0. The molecule has 0 aliphatic rings. The maximum absolute atomic E-state index is 13.8. The molecule has 1 N–H and O–H groups in total. The Bertz CT molecular complexity index is 964. The monoisotopic (exact) mass is 417 g/mol. The van der Waals surface area contributed by atoms with Gasteiger partial charge in [0.15, 0.2) is 11.5 Å². The normalized spacial score (nSPS) is 11.1. The highest BCUT2D eigenvalue weighted by atomic mass is 35.5. The molecular formula is C17H17ClFNO6S. The van der Waals surface area contributed by atoms with Gasteiger partial charge >= 0.3 is 5.97 Å². The molecule has 0 aliphatic carbocycles. The van der Waals surface area contributed by atoms with Gasteiger partial charge in [0.2, 0.25) is 10.0 Å². The van der Waals surface area contributed by atoms with Gasteiger partial charge in [-0.05, 0) is 29.8 Å². The third-order valence-electron chi connectivity index (χ3n) is 3.63. The van der Waals surface area contributed by atoms with Gasteiger partial charge in [-0.25, -0.2) is 22.3 Å². The summed E-state index contributed by atoms with van der Waals surface area (Å²) in [5.41, 5.74) is 0.0519. The molecule has 0 aromatic heterocycles. The average Bonchev–Trinajstić information content (AvgIpc) is 2.65. The Kier molecular flexibility index (Phi) is 6.63. The van der Waals surface area contributed by atoms with Crippen molar-refractivity contribution in [1.82, 2.24) is 4.72 Å². The lowest BCUT2D eigenvalue weighted by Crippen LogP contribution is -2.24. The SMILES string of the molecule is COC(=O)c1cc(S(=O)(=O)NCc2ccc(OC)c(OC)c2)c(Cl)cc1F. The van der Waals surface area contributed by atoms with E-state index in [9.17, 15) is 17.6 Å². The van der Waals surface area contributed by atoms with Gasteiger partial charge in [0, 0.05) is 6.54 Å². The molecule has 0 heterocycles. The molecule has 0 unspecified atom stereocenters. The van der Waals surface area contributed by atoms with E-state index in [2.05, 4.69) is 9.46 Å². The molecule has 0 aliphatic heterocycles. The van der Waals surface area contributed by atoms with Crippen molar-refractivity contribution in [1.29, 1.82) is 0 Å². The average molecular weight is 418 g/mol. The largest absolute Gasteiger partial charge is 0.493 e. The molecule has 7 nitrogen and oxygen atoms in total. The van der Waals surface area contributed by atoms with Crippen molar-refractivity contribution in [3.05, 3.63) is 52.3 Å². The summed E-state index contributed by atoms with van der Waals surface area (Å²) < 4.78 is 56.0. The zero-order valence-corrected chi connectivity index (χ0v) is 16.3. The number of esters is 1. The first kappa shape index (κ1) is 20.9. The second kappa shape index (κ2) is 8.55. The number of rotatable bonds is 7. The van der Waals surface area contributed by atoms with Gasteiger partial charge in [-0.15, -0.1) is 0 Å². The van der Waals surface area contributed by atoms with Crippen LogP contribution in [-0.4, -0.2) is 35.7 Å². The number of ether oxygens (including phenoxy) is 3. The van der Waals surface area contributed by atoms with Crippen molar-refractivity contribution in [2.75, 3.05) is 21.3 Å². The number of carbonyl (C=O) groups is 1. The maximum Gasteiger partial charge on any atom is 0.340 e. The lowest BCUT2D eigenvalue weighted by atomic mass is 10.2. The molecular weight excluding hydrogens is 401 g/mol. The highest BCUT2D eigenvalue weighted by Crippen LogP contribution is 2.28. The van der Waals surface area contributed by atoms with E-state index >= 15 is 0 Å². The molecule has 2 rings (SSSR count). The molecule has 0 spiro atoms. The number of halogens is 2. The standard InChI is InChI=1S/C17H17ClFNO6S/c1-24-14-5-4-10(6-15(14)25-2)9-20-27(22,23)16-7-11(17(21)26-3)13(19)8-12(16)18/h4-8,20H,9H2,1-3H3. The quantitative estimate of drug-likeness (QED) is 0.696. The van der Waals surface area contributed by atoms with Crippen molar-refractivity contribution < 1.29 is 31.8 Å². The van der Waals surface area contributed by atoms with Crippen molar-refractivity contribution in [2.45, 2.75) is 11.4 Å². The summed E-state index contributed by atoms with van der Waals surface area (Å²) >= 11 is 5.86. The Hall–Kier alpha value is -2.36. The minimum absolute atomic E-state index is 0.0933. The summed E-state index contributed by atoms with van der Waals surface area (Å²) in [5, 5.41) is -0.361. The highest BCUT2D eigenvalue weighted by molar-refractivity contribution is 7.89. The number of nitrogens with one attached hydrogen (secondary N) is 1. The minimum Gasteiger partial charge on any atom is -0.493 e. The van der Waals surface area contributed by atoms with Crippen LogP contribution in [0.15, 0.2) is 35.2 Å². The van der Waals surface area contributed by atoms with Gasteiger partial charge in [-0.3, -0.25) is 0 Å². The molecule has 0 amide bonds. The molecule has 27 heavy (non-hydrogen) atoms. The van der Waals surface area contributed by atoms with E-state index < -0.39 is 32.3 Å². The van der Waals surface area contributed by atoms with Crippen molar-refractivity contribution in [3.8, 4) is 11.5 Å². The van der Waals surface area contributed by atoms with Crippen LogP contribution in [0, 0.1) is 5.82 Å². The second-order valence-electron chi connectivity index (χ2n) is 5.27. The van der Waals surface area contributed by atoms with Crippen LogP contribution >= 0.6 is 11.6 Å². The van der Waals surface area contributed by atoms with E-state index in [4.69, 9.17) is 21.1 Å². The molecule has 10 heteroatoms. The fourth-order valence-electron chi connectivity index (χ4n) is 2.25. The Morgan fingerprint density at radius 1 is 1.11 bits per heavy atom. The van der Waals surface area contributed by atoms with E-state index in [1.165, 1.54) is 14.2 Å². The number of hydrogen-bond acceptors (Lipinski definition) is 6. The Morgan fingerprint density at radius 2 is 1.78 bits per heavy atom. The van der Waals surface area contributed by atoms with Gasteiger partial charge in [0.05, 0.1) is 31.9 Å². The third kappa shape index (κ3) is 4.68. The van der Waals surface area contributed by atoms with Crippen LogP contribution < -0.4 is 14.2 Å². The fourth-order valence-corrected chi connectivity index (χ4v) is 3.80. The van der Waals surface area contributed by atoms with Crippen LogP contribution in [0.3, 0.4) is 0 Å². The Balaban J connectivity index is 2.31. The molecule has 0 radical (unpaired) electrons. The Morgan fingerprint density at radius 3 is 2.37 bits per heavy atom. The van der Waals surface area contributed by atoms with E-state index in [1.807, 2.05) is 0 Å². The third-order valence-corrected chi connectivity index (χ3v) is 5.50. The number of benzene rings is 2. The maximum atomic E-state index is 13.8. The fraction of sp³-hybridized carbons (Fsp3) is 0.235. The van der Waals surface area contributed by atoms with Gasteiger partial charge in [-0.2, -0.15) is 0 Å². The predicted octanol–water partition coefficient (Wildman–Crippen LogP) is 2.76. The van der Waals surface area contributed by atoms with Crippen molar-refractivity contribution in [3.63, 3.8) is 0 Å². The summed E-state index contributed by atoms with van der Waals surface area (Å²) in [7, 11) is -0.140. The van der Waals surface area contributed by atoms with E-state index in [0.29, 0.717) is 17.1 Å². The number of methoxy groups -OCH3 is 3. The molecule has 0 saturated carbocycles. The molecule has 0 saturated heterocycles. The van der Waals surface area contributed by atoms with Crippen molar-refractivity contribution in [2.24, 2.45) is 0 Å². The Labute approximate surface area is 161 Å². The molecule has 0 atom stereocenters. The van der Waals surface area contributed by atoms with E-state index in [1.54, 1.807) is 18.2 Å². The van der Waals surface area contributed by atoms with Gasteiger partial charge in [0.25, 0.3) is 0 Å². The van der Waals surface area contributed by atoms with Crippen molar-refractivity contribution >= 4 is 27.6 Å². The number of carbonyl (C=O) groups excluding carboxylic acids is 1. The van der Waals surface area contributed by atoms with Gasteiger partial charge < -0.3 is 14.2 Å². The van der Waals surface area contributed by atoms with Crippen LogP contribution in [0.2, 0.25) is 5.02 Å². The summed E-state index contributed by atoms with van der Waals surface area (Å²) in [5.74, 6) is -1.07. The van der Waals surface area contributed by atoms with Crippen LogP contribution in [-0.2, 0) is 21.3 Å². The summed E-state index contributed by atoms with van der Waals surface area (Å²) in [6, 6.07) is 6.46. The van der Waals surface area contributed by atoms with Crippen LogP contribution in [0.5, 0.6) is 11.5 Å². The molecule has 146 valence electrons. The minimum atomic E-state index is -4.13. The lowest BCUT2D eigenvalue weighted by molar-refractivity contribution is 0.0595. The highest BCUT2D eigenvalue weighted by Gasteiger charge is 2.23. The van der Waals surface area contributed by atoms with Gasteiger partial charge in [-0.1, -0.05) is 17.7 Å². The second-order valence-corrected chi connectivity index (χ2v) is 7.41. The molecule has 0 bridgehead atoms. The molecule has 2 aromatic carbocycles. The smallest absolute Gasteiger partial charge is 0.340 e.